The Kier molecular flexibility index (Phi) is 3.46. The Morgan fingerprint density at radius 1 is 1.50 bits per heavy atom. The van der Waals surface area contributed by atoms with Crippen LogP contribution in [0.25, 0.3) is 11.0 Å². The molecule has 0 amide bonds. The summed E-state index contributed by atoms with van der Waals surface area (Å²) in [6.07, 6.45) is 4.71. The summed E-state index contributed by atoms with van der Waals surface area (Å²) in [5, 5.41) is 1.83. The second kappa shape index (κ2) is 4.85. The van der Waals surface area contributed by atoms with Gasteiger partial charge in [-0.3, -0.25) is 0 Å². The molecule has 0 radical (unpaired) electrons. The molecule has 3 nitrogen and oxygen atoms in total. The molecule has 0 spiro atoms. The number of pyridine rings is 1. The van der Waals surface area contributed by atoms with Crippen LogP contribution >= 0.6 is 11.6 Å². The molecule has 4 heteroatoms. The van der Waals surface area contributed by atoms with Gasteiger partial charge < -0.3 is 9.88 Å². The number of rotatable bonds is 4. The third kappa shape index (κ3) is 2.36. The lowest BCUT2D eigenvalue weighted by Gasteiger charge is -2.12. The Morgan fingerprint density at radius 2 is 2.31 bits per heavy atom. The molecule has 0 fully saturated rings. The van der Waals surface area contributed by atoms with Crippen LogP contribution in [0.15, 0.2) is 18.5 Å². The fourth-order valence-electron chi connectivity index (χ4n) is 1.71. The molecule has 0 unspecified atom stereocenters. The maximum absolute atomic E-state index is 5.95. The van der Waals surface area contributed by atoms with Crippen molar-refractivity contribution in [3.63, 3.8) is 0 Å². The average molecular weight is 238 g/mol. The summed E-state index contributed by atoms with van der Waals surface area (Å²) in [5.41, 5.74) is 2.20. The molecule has 2 rings (SSSR count). The van der Waals surface area contributed by atoms with E-state index in [1.54, 1.807) is 6.20 Å². The Hall–Kier alpha value is -1.06. The summed E-state index contributed by atoms with van der Waals surface area (Å²) in [6.45, 7) is 4.28. The number of fused-ring (bicyclic) bond motifs is 1. The van der Waals surface area contributed by atoms with E-state index in [2.05, 4.69) is 28.8 Å². The number of H-pyrrole nitrogens is 1. The van der Waals surface area contributed by atoms with Crippen molar-refractivity contribution < 1.29 is 0 Å². The fourth-order valence-corrected chi connectivity index (χ4v) is 1.87. The Bertz CT molecular complexity index is 478. The third-order valence-corrected chi connectivity index (χ3v) is 3.09. The lowest BCUT2D eigenvalue weighted by atomic mass is 10.1. The molecular weight excluding hydrogens is 222 g/mol. The first-order chi connectivity index (χ1) is 7.70. The normalized spacial score (nSPS) is 11.5. The largest absolute Gasteiger partial charge is 0.346 e. The first kappa shape index (κ1) is 11.4. The highest BCUT2D eigenvalue weighted by Gasteiger charge is 2.06. The molecule has 86 valence electrons. The minimum atomic E-state index is 0.692. The molecular formula is C12H16ClN3. The molecule has 1 N–H and O–H groups in total. The topological polar surface area (TPSA) is 31.9 Å². The Labute approximate surface area is 100 Å². The highest BCUT2D eigenvalue weighted by Crippen LogP contribution is 2.20. The molecule has 0 atom stereocenters. The smallest absolute Gasteiger partial charge is 0.137 e. The van der Waals surface area contributed by atoms with Gasteiger partial charge in [0.05, 0.1) is 5.02 Å². The van der Waals surface area contributed by atoms with E-state index >= 15 is 0 Å². The van der Waals surface area contributed by atoms with E-state index in [9.17, 15) is 0 Å². The van der Waals surface area contributed by atoms with Crippen LogP contribution in [0.3, 0.4) is 0 Å². The van der Waals surface area contributed by atoms with Gasteiger partial charge in [-0.25, -0.2) is 4.98 Å². The quantitative estimate of drug-likeness (QED) is 0.887. The number of halogens is 1. The number of aromatic amines is 1. The first-order valence-corrected chi connectivity index (χ1v) is 5.88. The predicted molar refractivity (Wildman–Crippen MR) is 68.0 cm³/mol. The van der Waals surface area contributed by atoms with Gasteiger partial charge in [0.2, 0.25) is 0 Å². The summed E-state index contributed by atoms with van der Waals surface area (Å²) in [4.78, 5) is 9.70. The molecule has 0 aromatic carbocycles. The zero-order chi connectivity index (χ0) is 11.5. The number of hydrogen-bond acceptors (Lipinski definition) is 2. The van der Waals surface area contributed by atoms with Gasteiger partial charge in [-0.05, 0) is 31.6 Å². The van der Waals surface area contributed by atoms with Gasteiger partial charge in [-0.1, -0.05) is 18.5 Å². The van der Waals surface area contributed by atoms with Gasteiger partial charge >= 0.3 is 0 Å². The van der Waals surface area contributed by atoms with E-state index in [1.807, 2.05) is 12.3 Å². The molecule has 0 aliphatic heterocycles. The van der Waals surface area contributed by atoms with Gasteiger partial charge in [0, 0.05) is 24.3 Å². The van der Waals surface area contributed by atoms with Gasteiger partial charge in [-0.2, -0.15) is 0 Å². The Balaban J connectivity index is 2.21. The second-order valence-electron chi connectivity index (χ2n) is 4.01. The van der Waals surface area contributed by atoms with Crippen LogP contribution in [-0.4, -0.2) is 35.0 Å². The summed E-state index contributed by atoms with van der Waals surface area (Å²) in [6, 6.07) is 1.97. The van der Waals surface area contributed by atoms with E-state index in [0.29, 0.717) is 5.02 Å². The highest BCUT2D eigenvalue weighted by atomic mass is 35.5. The fraction of sp³-hybridized carbons (Fsp3) is 0.417. The number of aromatic nitrogens is 2. The number of likely N-dealkylation sites (N-methyl/N-ethyl adjacent to an activating group) is 1. The summed E-state index contributed by atoms with van der Waals surface area (Å²) in [5.74, 6) is 0. The van der Waals surface area contributed by atoms with Crippen molar-refractivity contribution in [2.24, 2.45) is 0 Å². The minimum absolute atomic E-state index is 0.692. The third-order valence-electron chi connectivity index (χ3n) is 2.89. The van der Waals surface area contributed by atoms with Crippen molar-refractivity contribution in [3.8, 4) is 0 Å². The zero-order valence-electron chi connectivity index (χ0n) is 9.63. The highest BCUT2D eigenvalue weighted by molar-refractivity contribution is 6.31. The van der Waals surface area contributed by atoms with Gasteiger partial charge in [0.1, 0.15) is 5.65 Å². The first-order valence-electron chi connectivity index (χ1n) is 5.50. The average Bonchev–Trinajstić information content (AvgIpc) is 2.68. The lowest BCUT2D eigenvalue weighted by Crippen LogP contribution is -2.20. The summed E-state index contributed by atoms with van der Waals surface area (Å²) >= 11 is 5.95. The van der Waals surface area contributed by atoms with E-state index < -0.39 is 0 Å². The summed E-state index contributed by atoms with van der Waals surface area (Å²) < 4.78 is 0. The molecule has 0 aliphatic carbocycles. The van der Waals surface area contributed by atoms with Crippen LogP contribution in [0.4, 0.5) is 0 Å². The molecule has 2 heterocycles. The maximum Gasteiger partial charge on any atom is 0.137 e. The van der Waals surface area contributed by atoms with E-state index in [1.165, 1.54) is 5.56 Å². The van der Waals surface area contributed by atoms with Crippen LogP contribution in [-0.2, 0) is 6.42 Å². The van der Waals surface area contributed by atoms with Crippen molar-refractivity contribution in [2.45, 2.75) is 13.3 Å². The van der Waals surface area contributed by atoms with Gasteiger partial charge in [0.15, 0.2) is 0 Å². The van der Waals surface area contributed by atoms with E-state index in [0.717, 1.165) is 30.5 Å². The minimum Gasteiger partial charge on any atom is -0.346 e. The van der Waals surface area contributed by atoms with Crippen molar-refractivity contribution in [1.29, 1.82) is 0 Å². The summed E-state index contributed by atoms with van der Waals surface area (Å²) in [7, 11) is 2.13. The van der Waals surface area contributed by atoms with Crippen molar-refractivity contribution in [2.75, 3.05) is 20.1 Å². The van der Waals surface area contributed by atoms with Crippen LogP contribution in [0, 0.1) is 0 Å². The molecule has 0 bridgehead atoms. The van der Waals surface area contributed by atoms with Crippen LogP contribution in [0.5, 0.6) is 0 Å². The van der Waals surface area contributed by atoms with Crippen LogP contribution < -0.4 is 0 Å². The van der Waals surface area contributed by atoms with Gasteiger partial charge in [0.25, 0.3) is 0 Å². The number of nitrogens with zero attached hydrogens (tertiary/aromatic N) is 2. The zero-order valence-corrected chi connectivity index (χ0v) is 10.4. The molecule has 0 saturated carbocycles. The van der Waals surface area contributed by atoms with E-state index in [4.69, 9.17) is 11.6 Å². The number of hydrogen-bond donors (Lipinski definition) is 1. The Morgan fingerprint density at radius 3 is 3.06 bits per heavy atom. The standard InChI is InChI=1S/C12H16ClN3/c1-3-16(2)5-4-9-7-14-12-11(9)6-10(13)8-15-12/h6-8H,3-5H2,1-2H3,(H,14,15). The molecule has 2 aromatic rings. The van der Waals surface area contributed by atoms with E-state index in [-0.39, 0.29) is 0 Å². The molecule has 2 aromatic heterocycles. The molecule has 0 saturated heterocycles. The molecule has 0 aliphatic rings. The SMILES string of the molecule is CCN(C)CCc1c[nH]c2ncc(Cl)cc12. The maximum atomic E-state index is 5.95. The predicted octanol–water partition coefficient (Wildman–Crippen LogP) is 2.71. The lowest BCUT2D eigenvalue weighted by molar-refractivity contribution is 0.358. The molecule has 16 heavy (non-hydrogen) atoms. The van der Waals surface area contributed by atoms with Crippen molar-refractivity contribution in [3.05, 3.63) is 29.0 Å². The second-order valence-corrected chi connectivity index (χ2v) is 4.45. The van der Waals surface area contributed by atoms with Crippen molar-refractivity contribution >= 4 is 22.6 Å². The van der Waals surface area contributed by atoms with Crippen LogP contribution in [0.2, 0.25) is 5.02 Å². The van der Waals surface area contributed by atoms with Gasteiger partial charge in [-0.15, -0.1) is 0 Å². The van der Waals surface area contributed by atoms with Crippen LogP contribution in [0.1, 0.15) is 12.5 Å². The number of nitrogens with one attached hydrogen (secondary N) is 1. The van der Waals surface area contributed by atoms with Crippen molar-refractivity contribution in [1.82, 2.24) is 14.9 Å². The monoisotopic (exact) mass is 237 g/mol.